The second-order valence-electron chi connectivity index (χ2n) is 10.6. The maximum absolute atomic E-state index is 13.5. The van der Waals surface area contributed by atoms with Crippen LogP contribution in [0, 0.1) is 6.92 Å². The molecule has 2 aliphatic heterocycles. The molecule has 2 aliphatic rings. The summed E-state index contributed by atoms with van der Waals surface area (Å²) >= 11 is 0. The van der Waals surface area contributed by atoms with Crippen molar-refractivity contribution in [1.82, 2.24) is 35.0 Å². The highest BCUT2D eigenvalue weighted by molar-refractivity contribution is 5.79. The number of benzene rings is 2. The van der Waals surface area contributed by atoms with Crippen LogP contribution in [-0.4, -0.2) is 81.0 Å². The number of fused-ring (bicyclic) bond motifs is 1. The predicted molar refractivity (Wildman–Crippen MR) is 148 cm³/mol. The average Bonchev–Trinajstić information content (AvgIpc) is 3.63. The van der Waals surface area contributed by atoms with E-state index in [2.05, 4.69) is 55.4 Å². The Bertz CT molecular complexity index is 1490. The fourth-order valence-electron chi connectivity index (χ4n) is 5.77. The van der Waals surface area contributed by atoms with E-state index in [9.17, 15) is 4.79 Å². The third-order valence-electron chi connectivity index (χ3n) is 7.84. The molecule has 2 fully saturated rings. The maximum Gasteiger partial charge on any atom is 0.253 e. The fourth-order valence-corrected chi connectivity index (χ4v) is 5.77. The van der Waals surface area contributed by atoms with Crippen LogP contribution in [0.15, 0.2) is 53.3 Å². The van der Waals surface area contributed by atoms with Crippen LogP contribution in [0.2, 0.25) is 0 Å². The summed E-state index contributed by atoms with van der Waals surface area (Å²) in [6, 6.07) is 15.9. The van der Waals surface area contributed by atoms with Crippen molar-refractivity contribution < 1.29 is 9.47 Å². The lowest BCUT2D eigenvalue weighted by molar-refractivity contribution is 0.0840. The Kier molecular flexibility index (Phi) is 7.40. The van der Waals surface area contributed by atoms with Crippen LogP contribution < -0.4 is 10.3 Å². The van der Waals surface area contributed by atoms with E-state index in [1.165, 1.54) is 5.56 Å². The lowest BCUT2D eigenvalue weighted by atomic mass is 10.0. The van der Waals surface area contributed by atoms with Crippen LogP contribution in [0.5, 0.6) is 5.75 Å². The number of nitrogens with one attached hydrogen (secondary N) is 1. The SMILES string of the molecule is COc1cccc(CN2CCN([C@H](c3cc4cc(C)ccc4[nH]c3=O)c3nnnn3C[C@@H]3CCCO3)CC2)c1. The Labute approximate surface area is 227 Å². The Morgan fingerprint density at radius 1 is 1.13 bits per heavy atom. The molecule has 0 radical (unpaired) electrons. The number of methoxy groups -OCH3 is 1. The third kappa shape index (κ3) is 5.59. The zero-order chi connectivity index (χ0) is 26.8. The van der Waals surface area contributed by atoms with Gasteiger partial charge in [0.25, 0.3) is 5.56 Å². The van der Waals surface area contributed by atoms with E-state index in [1.807, 2.05) is 35.0 Å². The molecule has 2 atom stereocenters. The first-order valence-corrected chi connectivity index (χ1v) is 13.7. The Balaban J connectivity index is 1.30. The molecule has 2 aromatic carbocycles. The molecule has 0 spiro atoms. The second kappa shape index (κ2) is 11.3. The van der Waals surface area contributed by atoms with Crippen molar-refractivity contribution in [3.63, 3.8) is 0 Å². The van der Waals surface area contributed by atoms with Crippen molar-refractivity contribution >= 4 is 10.9 Å². The van der Waals surface area contributed by atoms with E-state index in [4.69, 9.17) is 9.47 Å². The molecule has 2 aromatic heterocycles. The van der Waals surface area contributed by atoms with Gasteiger partial charge in [-0.15, -0.1) is 5.10 Å². The van der Waals surface area contributed by atoms with Gasteiger partial charge >= 0.3 is 0 Å². The summed E-state index contributed by atoms with van der Waals surface area (Å²) < 4.78 is 13.1. The van der Waals surface area contributed by atoms with E-state index in [1.54, 1.807) is 7.11 Å². The van der Waals surface area contributed by atoms with Crippen molar-refractivity contribution in [2.45, 2.75) is 45.0 Å². The van der Waals surface area contributed by atoms with Crippen molar-refractivity contribution in [3.05, 3.63) is 81.4 Å². The molecule has 0 unspecified atom stereocenters. The van der Waals surface area contributed by atoms with Crippen LogP contribution >= 0.6 is 0 Å². The smallest absolute Gasteiger partial charge is 0.253 e. The highest BCUT2D eigenvalue weighted by Crippen LogP contribution is 2.29. The van der Waals surface area contributed by atoms with Crippen LogP contribution in [0.4, 0.5) is 0 Å². The second-order valence-corrected chi connectivity index (χ2v) is 10.6. The van der Waals surface area contributed by atoms with E-state index in [0.717, 1.165) is 74.4 Å². The number of hydrogen-bond donors (Lipinski definition) is 1. The number of tetrazole rings is 1. The minimum atomic E-state index is -0.367. The molecule has 4 heterocycles. The van der Waals surface area contributed by atoms with Crippen molar-refractivity contribution in [1.29, 1.82) is 0 Å². The van der Waals surface area contributed by atoms with Gasteiger partial charge in [0.1, 0.15) is 11.8 Å². The van der Waals surface area contributed by atoms with Crippen LogP contribution in [0.1, 0.15) is 41.4 Å². The first-order chi connectivity index (χ1) is 19.1. The molecule has 0 saturated carbocycles. The molecular weight excluding hydrogens is 494 g/mol. The van der Waals surface area contributed by atoms with Gasteiger partial charge in [-0.1, -0.05) is 23.8 Å². The summed E-state index contributed by atoms with van der Waals surface area (Å²) in [6.45, 7) is 7.56. The molecule has 0 bridgehead atoms. The van der Waals surface area contributed by atoms with Gasteiger partial charge in [-0.3, -0.25) is 14.6 Å². The monoisotopic (exact) mass is 529 g/mol. The minimum absolute atomic E-state index is 0.0881. The molecule has 204 valence electrons. The maximum atomic E-state index is 13.5. The Hall–Kier alpha value is -3.60. The standard InChI is InChI=1S/C29H35N7O3/c1-20-8-9-26-22(15-20)17-25(29(37)30-26)27(28-31-32-33-36(28)19-24-7-4-14-39-24)35-12-10-34(11-13-35)18-21-5-3-6-23(16-21)38-2/h3,5-6,8-9,15-17,24,27H,4,7,10-14,18-19H2,1-2H3,(H,30,37)/t24-,27+/m0/s1. The van der Waals surface area contributed by atoms with E-state index in [0.29, 0.717) is 17.9 Å². The van der Waals surface area contributed by atoms with Crippen molar-refractivity contribution in [2.24, 2.45) is 0 Å². The molecule has 0 aliphatic carbocycles. The summed E-state index contributed by atoms with van der Waals surface area (Å²) in [7, 11) is 1.69. The normalized spacial score (nSPS) is 19.5. The van der Waals surface area contributed by atoms with Gasteiger partial charge in [0.05, 0.1) is 19.8 Å². The molecule has 39 heavy (non-hydrogen) atoms. The van der Waals surface area contributed by atoms with Gasteiger partial charge in [0.2, 0.25) is 0 Å². The summed E-state index contributed by atoms with van der Waals surface area (Å²) in [6.07, 6.45) is 2.12. The zero-order valence-corrected chi connectivity index (χ0v) is 22.5. The Morgan fingerprint density at radius 2 is 2.00 bits per heavy atom. The average molecular weight is 530 g/mol. The van der Waals surface area contributed by atoms with E-state index >= 15 is 0 Å². The van der Waals surface area contributed by atoms with Crippen molar-refractivity contribution in [2.75, 3.05) is 39.9 Å². The number of piperazine rings is 1. The van der Waals surface area contributed by atoms with Gasteiger partial charge in [0, 0.05) is 50.4 Å². The number of H-pyrrole nitrogens is 1. The highest BCUT2D eigenvalue weighted by atomic mass is 16.5. The summed E-state index contributed by atoms with van der Waals surface area (Å²) in [5, 5.41) is 13.9. The summed E-state index contributed by atoms with van der Waals surface area (Å²) in [4.78, 5) is 21.4. The largest absolute Gasteiger partial charge is 0.497 e. The minimum Gasteiger partial charge on any atom is -0.497 e. The number of nitrogens with zero attached hydrogens (tertiary/aromatic N) is 6. The van der Waals surface area contributed by atoms with Crippen LogP contribution in [0.3, 0.4) is 0 Å². The highest BCUT2D eigenvalue weighted by Gasteiger charge is 2.33. The van der Waals surface area contributed by atoms with Crippen LogP contribution in [0.25, 0.3) is 10.9 Å². The number of rotatable bonds is 8. The molecule has 2 saturated heterocycles. The lowest BCUT2D eigenvalue weighted by Gasteiger charge is -2.38. The first kappa shape index (κ1) is 25.7. The summed E-state index contributed by atoms with van der Waals surface area (Å²) in [5.74, 6) is 1.55. The number of pyridine rings is 1. The number of aryl methyl sites for hydroxylation is 1. The molecule has 10 heteroatoms. The number of ether oxygens (including phenoxy) is 2. The lowest BCUT2D eigenvalue weighted by Crippen LogP contribution is -2.48. The third-order valence-corrected chi connectivity index (χ3v) is 7.84. The number of hydrogen-bond acceptors (Lipinski definition) is 8. The number of aromatic nitrogens is 5. The molecular formula is C29H35N7O3. The molecule has 1 N–H and O–H groups in total. The van der Waals surface area contributed by atoms with Gasteiger partial charge in [-0.25, -0.2) is 4.68 Å². The van der Waals surface area contributed by atoms with Gasteiger partial charge in [-0.05, 0) is 71.5 Å². The van der Waals surface area contributed by atoms with Crippen LogP contribution in [-0.2, 0) is 17.8 Å². The quantitative estimate of drug-likeness (QED) is 0.372. The molecule has 10 nitrogen and oxygen atoms in total. The van der Waals surface area contributed by atoms with E-state index < -0.39 is 0 Å². The molecule has 4 aromatic rings. The topological polar surface area (TPSA) is 101 Å². The van der Waals surface area contributed by atoms with Gasteiger partial charge < -0.3 is 14.5 Å². The molecule has 0 amide bonds. The first-order valence-electron chi connectivity index (χ1n) is 13.7. The number of aromatic amines is 1. The molecule has 6 rings (SSSR count). The van der Waals surface area contributed by atoms with E-state index in [-0.39, 0.29) is 17.7 Å². The van der Waals surface area contributed by atoms with Crippen molar-refractivity contribution in [3.8, 4) is 5.75 Å². The summed E-state index contributed by atoms with van der Waals surface area (Å²) in [5.41, 5.74) is 3.75. The van der Waals surface area contributed by atoms with Gasteiger partial charge in [0.15, 0.2) is 5.82 Å². The zero-order valence-electron chi connectivity index (χ0n) is 22.5. The predicted octanol–water partition coefficient (Wildman–Crippen LogP) is 2.92. The fraction of sp³-hybridized carbons (Fsp3) is 0.448. The van der Waals surface area contributed by atoms with Gasteiger partial charge in [-0.2, -0.15) is 0 Å². The Morgan fingerprint density at radius 3 is 2.79 bits per heavy atom.